The molecule has 1 N–H and O–H groups in total. The highest BCUT2D eigenvalue weighted by atomic mass is 35.5. The van der Waals surface area contributed by atoms with Crippen molar-refractivity contribution in [2.75, 3.05) is 0 Å². The van der Waals surface area contributed by atoms with Crippen molar-refractivity contribution in [3.05, 3.63) is 62.7 Å². The van der Waals surface area contributed by atoms with Gasteiger partial charge >= 0.3 is 5.97 Å². The Hall–Kier alpha value is -1.75. The minimum atomic E-state index is -1.07. The summed E-state index contributed by atoms with van der Waals surface area (Å²) in [5.74, 6) is -1.07. The Morgan fingerprint density at radius 1 is 1.09 bits per heavy atom. The molecule has 0 unspecified atom stereocenters. The van der Waals surface area contributed by atoms with Crippen molar-refractivity contribution in [3.8, 4) is 0 Å². The van der Waals surface area contributed by atoms with E-state index in [0.29, 0.717) is 38.1 Å². The smallest absolute Gasteiger partial charge is 0.357 e. The van der Waals surface area contributed by atoms with Crippen LogP contribution >= 0.6 is 34.8 Å². The molecular weight excluding hydrogens is 347 g/mol. The van der Waals surface area contributed by atoms with Gasteiger partial charge in [-0.05, 0) is 23.8 Å². The SMILES string of the molecule is O=C(O)c1nn(Cc2cc(Cl)c(Cl)cc2Cl)c2ccccc12. The molecule has 0 fully saturated rings. The number of halogens is 3. The highest BCUT2D eigenvalue weighted by Gasteiger charge is 2.17. The third-order valence-electron chi connectivity index (χ3n) is 3.27. The quantitative estimate of drug-likeness (QED) is 0.690. The van der Waals surface area contributed by atoms with Crippen molar-refractivity contribution >= 4 is 51.7 Å². The fourth-order valence-corrected chi connectivity index (χ4v) is 2.88. The molecule has 0 aliphatic heterocycles. The number of benzene rings is 2. The molecule has 0 saturated carbocycles. The van der Waals surface area contributed by atoms with Gasteiger partial charge in [-0.15, -0.1) is 0 Å². The van der Waals surface area contributed by atoms with E-state index < -0.39 is 5.97 Å². The Morgan fingerprint density at radius 3 is 2.50 bits per heavy atom. The van der Waals surface area contributed by atoms with Crippen LogP contribution in [0.3, 0.4) is 0 Å². The molecule has 0 aliphatic rings. The second-order valence-corrected chi connectivity index (χ2v) is 5.91. The number of aromatic carboxylic acids is 1. The molecule has 22 heavy (non-hydrogen) atoms. The van der Waals surface area contributed by atoms with Crippen LogP contribution in [0.25, 0.3) is 10.9 Å². The Bertz CT molecular complexity index is 890. The van der Waals surface area contributed by atoms with Gasteiger partial charge in [0.15, 0.2) is 5.69 Å². The number of rotatable bonds is 3. The first-order chi connectivity index (χ1) is 10.5. The zero-order chi connectivity index (χ0) is 15.9. The molecule has 0 amide bonds. The Morgan fingerprint density at radius 2 is 1.77 bits per heavy atom. The summed E-state index contributed by atoms with van der Waals surface area (Å²) in [6.45, 7) is 0.295. The van der Waals surface area contributed by atoms with Gasteiger partial charge in [-0.2, -0.15) is 5.10 Å². The van der Waals surface area contributed by atoms with Crippen molar-refractivity contribution in [2.45, 2.75) is 6.54 Å². The molecule has 0 atom stereocenters. The summed E-state index contributed by atoms with van der Waals surface area (Å²) in [6, 6.07) is 10.3. The molecule has 0 saturated heterocycles. The second kappa shape index (κ2) is 5.80. The van der Waals surface area contributed by atoms with Gasteiger partial charge < -0.3 is 5.11 Å². The summed E-state index contributed by atoms with van der Waals surface area (Å²) in [5.41, 5.74) is 1.43. The number of para-hydroxylation sites is 1. The molecule has 1 aromatic heterocycles. The molecule has 7 heteroatoms. The molecule has 4 nitrogen and oxygen atoms in total. The third kappa shape index (κ3) is 2.65. The Balaban J connectivity index is 2.12. The predicted octanol–water partition coefficient (Wildman–Crippen LogP) is 4.74. The maximum absolute atomic E-state index is 11.3. The van der Waals surface area contributed by atoms with Crippen LogP contribution in [0.1, 0.15) is 16.1 Å². The van der Waals surface area contributed by atoms with Gasteiger partial charge in [-0.25, -0.2) is 4.79 Å². The van der Waals surface area contributed by atoms with E-state index in [4.69, 9.17) is 34.8 Å². The number of fused-ring (bicyclic) bond motifs is 1. The van der Waals surface area contributed by atoms with Crippen molar-refractivity contribution < 1.29 is 9.90 Å². The predicted molar refractivity (Wildman–Crippen MR) is 87.3 cm³/mol. The van der Waals surface area contributed by atoms with Gasteiger partial charge in [-0.3, -0.25) is 4.68 Å². The Kier molecular flexibility index (Phi) is 4.00. The highest BCUT2D eigenvalue weighted by molar-refractivity contribution is 6.43. The van der Waals surface area contributed by atoms with E-state index in [1.807, 2.05) is 6.07 Å². The summed E-state index contributed by atoms with van der Waals surface area (Å²) in [4.78, 5) is 11.3. The van der Waals surface area contributed by atoms with Gasteiger partial charge in [0, 0.05) is 10.4 Å². The van der Waals surface area contributed by atoms with Crippen LogP contribution in [0.2, 0.25) is 15.1 Å². The first-order valence-corrected chi connectivity index (χ1v) is 7.43. The van der Waals surface area contributed by atoms with E-state index in [0.717, 1.165) is 0 Å². The molecule has 1 heterocycles. The van der Waals surface area contributed by atoms with Crippen molar-refractivity contribution in [1.82, 2.24) is 9.78 Å². The molecule has 0 aliphatic carbocycles. The van der Waals surface area contributed by atoms with Gasteiger partial charge in [-0.1, -0.05) is 53.0 Å². The van der Waals surface area contributed by atoms with Gasteiger partial charge in [0.25, 0.3) is 0 Å². The highest BCUT2D eigenvalue weighted by Crippen LogP contribution is 2.30. The lowest BCUT2D eigenvalue weighted by atomic mass is 10.2. The van der Waals surface area contributed by atoms with E-state index in [2.05, 4.69) is 5.10 Å². The zero-order valence-corrected chi connectivity index (χ0v) is 13.3. The van der Waals surface area contributed by atoms with Gasteiger partial charge in [0.1, 0.15) is 0 Å². The van der Waals surface area contributed by atoms with Crippen LogP contribution in [0.15, 0.2) is 36.4 Å². The van der Waals surface area contributed by atoms with E-state index in [1.54, 1.807) is 35.0 Å². The standard InChI is InChI=1S/C15H9Cl3N2O2/c16-10-6-12(18)11(17)5-8(10)7-20-13-4-2-1-3-9(13)14(19-20)15(21)22/h1-6H,7H2,(H,21,22). The summed E-state index contributed by atoms with van der Waals surface area (Å²) >= 11 is 18.1. The summed E-state index contributed by atoms with van der Waals surface area (Å²) < 4.78 is 1.59. The second-order valence-electron chi connectivity index (χ2n) is 4.69. The monoisotopic (exact) mass is 354 g/mol. The largest absolute Gasteiger partial charge is 0.476 e. The Labute approximate surface area is 140 Å². The van der Waals surface area contributed by atoms with Crippen LogP contribution in [-0.4, -0.2) is 20.9 Å². The van der Waals surface area contributed by atoms with E-state index >= 15 is 0 Å². The maximum atomic E-state index is 11.3. The number of nitrogens with zero attached hydrogens (tertiary/aromatic N) is 2. The maximum Gasteiger partial charge on any atom is 0.357 e. The van der Waals surface area contributed by atoms with Crippen LogP contribution in [0, 0.1) is 0 Å². The average Bonchev–Trinajstić information content (AvgIpc) is 2.84. The number of carboxylic acids is 1. The minimum Gasteiger partial charge on any atom is -0.476 e. The molecule has 0 radical (unpaired) electrons. The summed E-state index contributed by atoms with van der Waals surface area (Å²) in [7, 11) is 0. The number of carbonyl (C=O) groups is 1. The van der Waals surface area contributed by atoms with Crippen LogP contribution in [-0.2, 0) is 6.54 Å². The van der Waals surface area contributed by atoms with Crippen LogP contribution < -0.4 is 0 Å². The minimum absolute atomic E-state index is 0.00628. The van der Waals surface area contributed by atoms with E-state index in [9.17, 15) is 9.90 Å². The van der Waals surface area contributed by atoms with E-state index in [-0.39, 0.29) is 5.69 Å². The molecule has 0 spiro atoms. The third-order valence-corrected chi connectivity index (χ3v) is 4.34. The molecule has 3 rings (SSSR count). The normalized spacial score (nSPS) is 11.0. The molecule has 0 bridgehead atoms. The molecule has 112 valence electrons. The lowest BCUT2D eigenvalue weighted by Gasteiger charge is -2.08. The molecular formula is C15H9Cl3N2O2. The first-order valence-electron chi connectivity index (χ1n) is 6.29. The lowest BCUT2D eigenvalue weighted by molar-refractivity contribution is 0.0691. The molecule has 2 aromatic carbocycles. The topological polar surface area (TPSA) is 55.1 Å². The number of aromatic nitrogens is 2. The van der Waals surface area contributed by atoms with Gasteiger partial charge in [0.05, 0.1) is 22.1 Å². The van der Waals surface area contributed by atoms with Crippen molar-refractivity contribution in [3.63, 3.8) is 0 Å². The zero-order valence-electron chi connectivity index (χ0n) is 11.1. The average molecular weight is 356 g/mol. The number of hydrogen-bond acceptors (Lipinski definition) is 2. The summed E-state index contributed by atoms with van der Waals surface area (Å²) in [5, 5.41) is 15.2. The van der Waals surface area contributed by atoms with E-state index in [1.165, 1.54) is 0 Å². The summed E-state index contributed by atoms with van der Waals surface area (Å²) in [6.07, 6.45) is 0. The number of hydrogen-bond donors (Lipinski definition) is 1. The van der Waals surface area contributed by atoms with Crippen LogP contribution in [0.4, 0.5) is 0 Å². The lowest BCUT2D eigenvalue weighted by Crippen LogP contribution is -2.05. The van der Waals surface area contributed by atoms with Crippen LogP contribution in [0.5, 0.6) is 0 Å². The fourth-order valence-electron chi connectivity index (χ4n) is 2.25. The first kappa shape index (κ1) is 15.2. The van der Waals surface area contributed by atoms with Crippen molar-refractivity contribution in [2.24, 2.45) is 0 Å². The number of carboxylic acid groups (broad SMARTS) is 1. The fraction of sp³-hybridized carbons (Fsp3) is 0.0667. The molecule has 3 aromatic rings. The van der Waals surface area contributed by atoms with Gasteiger partial charge in [0.2, 0.25) is 0 Å². The van der Waals surface area contributed by atoms with Crippen molar-refractivity contribution in [1.29, 1.82) is 0 Å².